The van der Waals surface area contributed by atoms with Crippen LogP contribution in [0, 0.1) is 0 Å². The third kappa shape index (κ3) is 2.95. The van der Waals surface area contributed by atoms with E-state index in [9.17, 15) is 4.79 Å². The van der Waals surface area contributed by atoms with Crippen LogP contribution < -0.4 is 5.32 Å². The van der Waals surface area contributed by atoms with Crippen LogP contribution in [0.3, 0.4) is 0 Å². The minimum Gasteiger partial charge on any atom is -0.437 e. The van der Waals surface area contributed by atoms with Gasteiger partial charge in [0.05, 0.1) is 0 Å². The first-order valence-corrected chi connectivity index (χ1v) is 8.25. The lowest BCUT2D eigenvalue weighted by Crippen LogP contribution is -2.13. The van der Waals surface area contributed by atoms with Crippen molar-refractivity contribution in [1.29, 1.82) is 0 Å². The van der Waals surface area contributed by atoms with Crippen LogP contribution in [0.1, 0.15) is 29.9 Å². The minimum absolute atomic E-state index is 0.170. The predicted octanol–water partition coefficient (Wildman–Crippen LogP) is 4.36. The Morgan fingerprint density at radius 2 is 1.96 bits per heavy atom. The molecule has 0 bridgehead atoms. The van der Waals surface area contributed by atoms with Crippen molar-refractivity contribution < 1.29 is 9.21 Å². The molecule has 120 valence electrons. The highest BCUT2D eigenvalue weighted by Gasteiger charge is 2.13. The van der Waals surface area contributed by atoms with Gasteiger partial charge in [-0.1, -0.05) is 24.3 Å². The molecule has 4 rings (SSSR count). The molecule has 1 aromatic heterocycles. The first kappa shape index (κ1) is 14.7. The fraction of sp³-hybridized carbons (Fsp3) is 0.200. The number of nitrogens with zero attached hydrogens (tertiary/aromatic N) is 1. The van der Waals surface area contributed by atoms with Gasteiger partial charge in [0.15, 0.2) is 5.58 Å². The summed E-state index contributed by atoms with van der Waals surface area (Å²) in [7, 11) is 0. The maximum atomic E-state index is 12.2. The molecule has 1 amide bonds. The molecule has 2 aromatic carbocycles. The summed E-state index contributed by atoms with van der Waals surface area (Å²) in [5.74, 6) is 0.262. The first-order valence-electron chi connectivity index (χ1n) is 8.25. The lowest BCUT2D eigenvalue weighted by molar-refractivity contribution is -0.111. The van der Waals surface area contributed by atoms with E-state index in [-0.39, 0.29) is 5.91 Å². The largest absolute Gasteiger partial charge is 0.437 e. The van der Waals surface area contributed by atoms with E-state index < -0.39 is 0 Å². The number of para-hydroxylation sites is 2. The van der Waals surface area contributed by atoms with E-state index in [0.717, 1.165) is 29.6 Å². The summed E-state index contributed by atoms with van der Waals surface area (Å²) >= 11 is 0. The summed E-state index contributed by atoms with van der Waals surface area (Å²) in [4.78, 5) is 16.5. The third-order valence-electron chi connectivity index (χ3n) is 4.34. The quantitative estimate of drug-likeness (QED) is 0.730. The molecular formula is C20H18N2O2. The molecule has 0 saturated carbocycles. The second kappa shape index (κ2) is 6.32. The maximum Gasteiger partial charge on any atom is 0.248 e. The summed E-state index contributed by atoms with van der Waals surface area (Å²) < 4.78 is 5.58. The van der Waals surface area contributed by atoms with Crippen LogP contribution in [0.25, 0.3) is 17.2 Å². The molecule has 0 aliphatic heterocycles. The van der Waals surface area contributed by atoms with Gasteiger partial charge in [0.1, 0.15) is 5.52 Å². The smallest absolute Gasteiger partial charge is 0.248 e. The molecule has 24 heavy (non-hydrogen) atoms. The summed E-state index contributed by atoms with van der Waals surface area (Å²) in [6.45, 7) is 0. The number of hydrogen-bond donors (Lipinski definition) is 1. The van der Waals surface area contributed by atoms with Gasteiger partial charge >= 0.3 is 0 Å². The Labute approximate surface area is 140 Å². The first-order chi connectivity index (χ1) is 11.8. The Kier molecular flexibility index (Phi) is 3.87. The number of carbonyl (C=O) groups is 1. The molecular weight excluding hydrogens is 300 g/mol. The van der Waals surface area contributed by atoms with Gasteiger partial charge in [-0.15, -0.1) is 0 Å². The Bertz CT molecular complexity index is 891. The highest BCUT2D eigenvalue weighted by molar-refractivity contribution is 6.02. The molecule has 0 saturated heterocycles. The van der Waals surface area contributed by atoms with Gasteiger partial charge in [0, 0.05) is 17.8 Å². The number of anilines is 1. The topological polar surface area (TPSA) is 55.1 Å². The van der Waals surface area contributed by atoms with Crippen LogP contribution in [0.4, 0.5) is 5.69 Å². The van der Waals surface area contributed by atoms with Gasteiger partial charge in [-0.05, 0) is 55.0 Å². The number of benzene rings is 2. The Hall–Kier alpha value is -2.88. The maximum absolute atomic E-state index is 12.2. The van der Waals surface area contributed by atoms with E-state index in [1.54, 1.807) is 6.08 Å². The van der Waals surface area contributed by atoms with E-state index in [1.165, 1.54) is 30.0 Å². The molecule has 4 nitrogen and oxygen atoms in total. The third-order valence-corrected chi connectivity index (χ3v) is 4.34. The van der Waals surface area contributed by atoms with Crippen molar-refractivity contribution in [2.24, 2.45) is 0 Å². The zero-order chi connectivity index (χ0) is 16.4. The lowest BCUT2D eigenvalue weighted by atomic mass is 9.90. The minimum atomic E-state index is -0.170. The number of aromatic nitrogens is 1. The van der Waals surface area contributed by atoms with Crippen LogP contribution in [-0.4, -0.2) is 10.9 Å². The van der Waals surface area contributed by atoms with Crippen molar-refractivity contribution >= 4 is 28.8 Å². The molecule has 0 spiro atoms. The fourth-order valence-electron chi connectivity index (χ4n) is 3.18. The van der Waals surface area contributed by atoms with E-state index in [2.05, 4.69) is 16.4 Å². The molecule has 0 radical (unpaired) electrons. The zero-order valence-electron chi connectivity index (χ0n) is 13.3. The number of amides is 1. The number of hydrogen-bond acceptors (Lipinski definition) is 3. The van der Waals surface area contributed by atoms with Gasteiger partial charge < -0.3 is 9.73 Å². The number of nitrogens with one attached hydrogen (secondary N) is 1. The van der Waals surface area contributed by atoms with Gasteiger partial charge in [0.25, 0.3) is 0 Å². The van der Waals surface area contributed by atoms with Gasteiger partial charge in [-0.2, -0.15) is 0 Å². The van der Waals surface area contributed by atoms with Crippen molar-refractivity contribution in [3.05, 3.63) is 65.6 Å². The number of carbonyl (C=O) groups excluding carboxylic acids is 1. The Balaban J connectivity index is 1.50. The average molecular weight is 318 g/mol. The summed E-state index contributed by atoms with van der Waals surface area (Å²) in [6.07, 6.45) is 7.59. The van der Waals surface area contributed by atoms with E-state index in [0.29, 0.717) is 5.89 Å². The molecule has 1 aliphatic rings. The predicted molar refractivity (Wildman–Crippen MR) is 94.8 cm³/mol. The van der Waals surface area contributed by atoms with E-state index in [1.807, 2.05) is 36.4 Å². The van der Waals surface area contributed by atoms with Crippen LogP contribution in [0.2, 0.25) is 0 Å². The standard InChI is InChI=1S/C20H18N2O2/c23-19(12-13-20-22-17-9-3-4-11-18(17)24-20)21-16-10-5-7-14-6-1-2-8-15(14)16/h3-5,7,9-13H,1-2,6,8H2,(H,21,23)/b13-12+. The van der Waals surface area contributed by atoms with Crippen LogP contribution in [0.5, 0.6) is 0 Å². The molecule has 1 aliphatic carbocycles. The van der Waals surface area contributed by atoms with E-state index >= 15 is 0 Å². The molecule has 3 aromatic rings. The van der Waals surface area contributed by atoms with Gasteiger partial charge in [-0.25, -0.2) is 4.98 Å². The molecule has 4 heteroatoms. The lowest BCUT2D eigenvalue weighted by Gasteiger charge is -2.19. The van der Waals surface area contributed by atoms with Crippen molar-refractivity contribution in [2.75, 3.05) is 5.32 Å². The van der Waals surface area contributed by atoms with Crippen LogP contribution in [-0.2, 0) is 17.6 Å². The second-order valence-corrected chi connectivity index (χ2v) is 5.99. The van der Waals surface area contributed by atoms with Crippen molar-refractivity contribution in [3.63, 3.8) is 0 Å². The average Bonchev–Trinajstić information content (AvgIpc) is 3.03. The Morgan fingerprint density at radius 1 is 1.08 bits per heavy atom. The fourth-order valence-corrected chi connectivity index (χ4v) is 3.18. The van der Waals surface area contributed by atoms with Crippen molar-refractivity contribution in [3.8, 4) is 0 Å². The van der Waals surface area contributed by atoms with Crippen LogP contribution in [0.15, 0.2) is 53.0 Å². The summed E-state index contributed by atoms with van der Waals surface area (Å²) in [6, 6.07) is 13.7. The summed E-state index contributed by atoms with van der Waals surface area (Å²) in [5, 5.41) is 2.98. The van der Waals surface area contributed by atoms with Crippen LogP contribution >= 0.6 is 0 Å². The highest BCUT2D eigenvalue weighted by atomic mass is 16.3. The van der Waals surface area contributed by atoms with E-state index in [4.69, 9.17) is 4.42 Å². The number of aryl methyl sites for hydroxylation is 1. The number of oxazole rings is 1. The van der Waals surface area contributed by atoms with Gasteiger partial charge in [0.2, 0.25) is 11.8 Å². The SMILES string of the molecule is O=C(/C=C/c1nc2ccccc2o1)Nc1cccc2c1CCCC2. The normalized spacial score (nSPS) is 14.0. The second-order valence-electron chi connectivity index (χ2n) is 5.99. The molecule has 1 N–H and O–H groups in total. The molecule has 1 heterocycles. The van der Waals surface area contributed by atoms with Crippen molar-refractivity contribution in [2.45, 2.75) is 25.7 Å². The number of fused-ring (bicyclic) bond motifs is 2. The highest BCUT2D eigenvalue weighted by Crippen LogP contribution is 2.27. The Morgan fingerprint density at radius 3 is 2.88 bits per heavy atom. The number of rotatable bonds is 3. The van der Waals surface area contributed by atoms with Gasteiger partial charge in [-0.3, -0.25) is 4.79 Å². The monoisotopic (exact) mass is 318 g/mol. The summed E-state index contributed by atoms with van der Waals surface area (Å²) in [5.41, 5.74) is 5.04. The zero-order valence-corrected chi connectivity index (χ0v) is 13.3. The van der Waals surface area contributed by atoms with Crippen molar-refractivity contribution in [1.82, 2.24) is 4.98 Å². The molecule has 0 unspecified atom stereocenters. The molecule has 0 atom stereocenters. The molecule has 0 fully saturated rings.